The fourth-order valence-electron chi connectivity index (χ4n) is 2.50. The number of likely N-dealkylation sites (N-methyl/N-ethyl adjacent to an activating group) is 1. The van der Waals surface area contributed by atoms with E-state index < -0.39 is 0 Å². The third-order valence-electron chi connectivity index (χ3n) is 3.71. The molecule has 0 atom stereocenters. The van der Waals surface area contributed by atoms with Crippen molar-refractivity contribution < 1.29 is 29.0 Å². The van der Waals surface area contributed by atoms with Crippen LogP contribution in [0.3, 0.4) is 0 Å². The van der Waals surface area contributed by atoms with Gasteiger partial charge in [0.2, 0.25) is 24.7 Å². The number of benzene rings is 1. The average Bonchev–Trinajstić information content (AvgIpc) is 2.99. The summed E-state index contributed by atoms with van der Waals surface area (Å²) in [7, 11) is 4.83. The van der Waals surface area contributed by atoms with Gasteiger partial charge < -0.3 is 19.1 Å². The van der Waals surface area contributed by atoms with E-state index in [-0.39, 0.29) is 12.7 Å². The molecule has 1 aliphatic heterocycles. The van der Waals surface area contributed by atoms with E-state index in [4.69, 9.17) is 14.2 Å². The lowest BCUT2D eigenvalue weighted by atomic mass is 10.0. The molecular formula is C16H23N2O5+. The lowest BCUT2D eigenvalue weighted by molar-refractivity contribution is -0.751. The summed E-state index contributed by atoms with van der Waals surface area (Å²) in [6.07, 6.45) is 2.63. The summed E-state index contributed by atoms with van der Waals surface area (Å²) >= 11 is 0. The molecule has 0 unspecified atom stereocenters. The van der Waals surface area contributed by atoms with E-state index in [0.29, 0.717) is 42.2 Å². The molecule has 2 rings (SSSR count). The number of fused-ring (bicyclic) bond motifs is 1. The Balaban J connectivity index is 2.37. The largest absolute Gasteiger partial charge is 0.492 e. The van der Waals surface area contributed by atoms with Gasteiger partial charge in [0.1, 0.15) is 0 Å². The first-order valence-corrected chi connectivity index (χ1v) is 7.47. The molecule has 7 nitrogen and oxygen atoms in total. The maximum atomic E-state index is 11.7. The molecular weight excluding hydrogens is 300 g/mol. The van der Waals surface area contributed by atoms with Crippen LogP contribution >= 0.6 is 0 Å². The summed E-state index contributed by atoms with van der Waals surface area (Å²) in [5, 5.41) is 9.59. The molecule has 126 valence electrons. The van der Waals surface area contributed by atoms with Gasteiger partial charge in [0.05, 0.1) is 12.7 Å². The van der Waals surface area contributed by atoms with Crippen molar-refractivity contribution in [2.75, 3.05) is 34.5 Å². The predicted octanol–water partition coefficient (Wildman–Crippen LogP) is 1.29. The normalized spacial score (nSPS) is 13.1. The van der Waals surface area contributed by atoms with Crippen molar-refractivity contribution in [3.8, 4) is 17.2 Å². The van der Waals surface area contributed by atoms with Crippen LogP contribution in [0.2, 0.25) is 0 Å². The summed E-state index contributed by atoms with van der Waals surface area (Å²) in [4.78, 5) is 13.4. The number of carbonyl (C=O) groups is 1. The lowest BCUT2D eigenvalue weighted by Gasteiger charge is -2.18. The first-order valence-electron chi connectivity index (χ1n) is 7.47. The Labute approximate surface area is 135 Å². The van der Waals surface area contributed by atoms with E-state index in [9.17, 15) is 10.0 Å². The Morgan fingerprint density at radius 3 is 2.87 bits per heavy atom. The summed E-state index contributed by atoms with van der Waals surface area (Å²) in [5.41, 5.74) is 1.61. The smallest absolute Gasteiger partial charge is 0.231 e. The standard InChI is InChI=1S/C16H23N2O5/c1-5-14(19)17(2)7-6-11-8-13-16(23-10-22-13)15(21-4)12(11)9-18(3)20/h8-9,20H,5-7,10H2,1-4H3/q+1. The summed E-state index contributed by atoms with van der Waals surface area (Å²) < 4.78 is 17.3. The van der Waals surface area contributed by atoms with Crippen molar-refractivity contribution in [3.63, 3.8) is 0 Å². The molecule has 1 aromatic rings. The highest BCUT2D eigenvalue weighted by Crippen LogP contribution is 2.44. The van der Waals surface area contributed by atoms with Gasteiger partial charge >= 0.3 is 0 Å². The topological polar surface area (TPSA) is 71.2 Å². The molecule has 1 aliphatic rings. The summed E-state index contributed by atoms with van der Waals surface area (Å²) in [6.45, 7) is 2.53. The Morgan fingerprint density at radius 1 is 1.52 bits per heavy atom. The van der Waals surface area contributed by atoms with Crippen molar-refractivity contribution >= 4 is 12.1 Å². The second-order valence-corrected chi connectivity index (χ2v) is 5.34. The van der Waals surface area contributed by atoms with Gasteiger partial charge in [-0.3, -0.25) is 10.0 Å². The third-order valence-corrected chi connectivity index (χ3v) is 3.71. The number of ether oxygens (including phenoxy) is 3. The molecule has 0 spiro atoms. The monoisotopic (exact) mass is 323 g/mol. The van der Waals surface area contributed by atoms with Crippen molar-refractivity contribution in [2.24, 2.45) is 0 Å². The highest BCUT2D eigenvalue weighted by Gasteiger charge is 2.26. The molecule has 0 radical (unpaired) electrons. The first kappa shape index (κ1) is 16.9. The van der Waals surface area contributed by atoms with E-state index in [0.717, 1.165) is 10.3 Å². The van der Waals surface area contributed by atoms with Crippen LogP contribution in [-0.4, -0.2) is 61.5 Å². The molecule has 1 aromatic carbocycles. The molecule has 1 N–H and O–H groups in total. The number of nitrogens with zero attached hydrogens (tertiary/aromatic N) is 2. The zero-order valence-corrected chi connectivity index (χ0v) is 14.0. The second-order valence-electron chi connectivity index (χ2n) is 5.34. The highest BCUT2D eigenvalue weighted by molar-refractivity contribution is 5.86. The maximum Gasteiger partial charge on any atom is 0.231 e. The van der Waals surface area contributed by atoms with Gasteiger partial charge in [-0.1, -0.05) is 6.92 Å². The van der Waals surface area contributed by atoms with Gasteiger partial charge in [-0.05, 0) is 22.8 Å². The number of carbonyl (C=O) groups excluding carboxylic acids is 1. The van der Waals surface area contributed by atoms with Crippen LogP contribution in [0.15, 0.2) is 6.07 Å². The van der Waals surface area contributed by atoms with Gasteiger partial charge in [-0.25, -0.2) is 0 Å². The molecule has 1 heterocycles. The molecule has 23 heavy (non-hydrogen) atoms. The molecule has 0 aliphatic carbocycles. The highest BCUT2D eigenvalue weighted by atomic mass is 16.7. The van der Waals surface area contributed by atoms with Crippen LogP contribution in [0.1, 0.15) is 24.5 Å². The quantitative estimate of drug-likeness (QED) is 0.370. The van der Waals surface area contributed by atoms with Gasteiger partial charge in [0.15, 0.2) is 18.5 Å². The first-order chi connectivity index (χ1) is 11.0. The average molecular weight is 323 g/mol. The van der Waals surface area contributed by atoms with Crippen LogP contribution in [-0.2, 0) is 11.2 Å². The Kier molecular flexibility index (Phi) is 5.31. The summed E-state index contributed by atoms with van der Waals surface area (Å²) in [5.74, 6) is 1.74. The number of hydroxylamine groups is 1. The number of amides is 1. The van der Waals surface area contributed by atoms with Crippen LogP contribution in [0, 0.1) is 0 Å². The Hall–Kier alpha value is -2.44. The van der Waals surface area contributed by atoms with Crippen LogP contribution in [0.5, 0.6) is 17.2 Å². The third kappa shape index (κ3) is 3.67. The fourth-order valence-corrected chi connectivity index (χ4v) is 2.50. The molecule has 0 fully saturated rings. The predicted molar refractivity (Wildman–Crippen MR) is 83.9 cm³/mol. The molecule has 1 amide bonds. The Bertz CT molecular complexity index is 623. The van der Waals surface area contributed by atoms with E-state index in [1.807, 2.05) is 13.0 Å². The van der Waals surface area contributed by atoms with Crippen molar-refractivity contribution in [1.29, 1.82) is 0 Å². The maximum absolute atomic E-state index is 11.7. The lowest BCUT2D eigenvalue weighted by Crippen LogP contribution is -2.28. The number of rotatable bonds is 6. The van der Waals surface area contributed by atoms with Gasteiger partial charge in [0.25, 0.3) is 0 Å². The minimum atomic E-state index is 0.0857. The second kappa shape index (κ2) is 7.21. The van der Waals surface area contributed by atoms with Crippen molar-refractivity contribution in [3.05, 3.63) is 17.2 Å². The number of hydrogen-bond donors (Lipinski definition) is 1. The minimum Gasteiger partial charge on any atom is -0.492 e. The van der Waals surface area contributed by atoms with E-state index in [1.54, 1.807) is 25.3 Å². The van der Waals surface area contributed by atoms with Gasteiger partial charge in [-0.2, -0.15) is 0 Å². The minimum absolute atomic E-state index is 0.0857. The number of hydrogen-bond acceptors (Lipinski definition) is 5. The molecule has 0 saturated heterocycles. The van der Waals surface area contributed by atoms with Crippen molar-refractivity contribution in [1.82, 2.24) is 4.90 Å². The van der Waals surface area contributed by atoms with E-state index >= 15 is 0 Å². The zero-order valence-electron chi connectivity index (χ0n) is 14.0. The van der Waals surface area contributed by atoms with Gasteiger partial charge in [0, 0.05) is 20.0 Å². The van der Waals surface area contributed by atoms with Crippen LogP contribution in [0.25, 0.3) is 0 Å². The van der Waals surface area contributed by atoms with Crippen LogP contribution < -0.4 is 14.2 Å². The Morgan fingerprint density at radius 2 is 2.26 bits per heavy atom. The van der Waals surface area contributed by atoms with Crippen molar-refractivity contribution in [2.45, 2.75) is 19.8 Å². The van der Waals surface area contributed by atoms with E-state index in [1.165, 1.54) is 7.05 Å². The molecule has 7 heteroatoms. The molecule has 0 aromatic heterocycles. The molecule has 0 saturated carbocycles. The summed E-state index contributed by atoms with van der Waals surface area (Å²) in [6, 6.07) is 1.87. The number of methoxy groups -OCH3 is 1. The van der Waals surface area contributed by atoms with Gasteiger partial charge in [-0.15, -0.1) is 0 Å². The fraction of sp³-hybridized carbons (Fsp3) is 0.500. The van der Waals surface area contributed by atoms with E-state index in [2.05, 4.69) is 0 Å². The zero-order chi connectivity index (χ0) is 17.0. The molecule has 0 bridgehead atoms. The SMILES string of the molecule is CCC(=O)N(C)CCc1cc2c(c(OC)c1C=[N+](C)O)OCO2. The van der Waals surface area contributed by atoms with Crippen LogP contribution in [0.4, 0.5) is 0 Å².